The number of rotatable bonds is 8. The van der Waals surface area contributed by atoms with E-state index < -0.39 is 0 Å². The van der Waals surface area contributed by atoms with Gasteiger partial charge in [-0.3, -0.25) is 9.69 Å². The number of morpholine rings is 1. The zero-order valence-corrected chi connectivity index (χ0v) is 17.9. The van der Waals surface area contributed by atoms with Crippen molar-refractivity contribution >= 4 is 28.8 Å². The van der Waals surface area contributed by atoms with E-state index in [1.807, 2.05) is 38.1 Å². The predicted octanol–water partition coefficient (Wildman–Crippen LogP) is 3.63. The molecular weight excluding hydrogens is 394 g/mol. The van der Waals surface area contributed by atoms with Crippen LogP contribution in [-0.2, 0) is 9.53 Å². The third kappa shape index (κ3) is 5.78. The summed E-state index contributed by atoms with van der Waals surface area (Å²) in [6, 6.07) is 11.7. The molecule has 2 heterocycles. The summed E-state index contributed by atoms with van der Waals surface area (Å²) in [7, 11) is 0. The van der Waals surface area contributed by atoms with Crippen molar-refractivity contribution in [1.82, 2.24) is 15.5 Å². The van der Waals surface area contributed by atoms with E-state index in [2.05, 4.69) is 33.0 Å². The van der Waals surface area contributed by atoms with Gasteiger partial charge in [0.1, 0.15) is 0 Å². The van der Waals surface area contributed by atoms with Crippen LogP contribution in [-0.4, -0.2) is 49.7 Å². The number of hydrogen-bond acceptors (Lipinski definition) is 5. The number of nitrogens with zero attached hydrogens (tertiary/aromatic N) is 1. The highest BCUT2D eigenvalue weighted by Gasteiger charge is 2.25. The summed E-state index contributed by atoms with van der Waals surface area (Å²) in [5.41, 5.74) is 1.04. The van der Waals surface area contributed by atoms with Crippen LogP contribution in [0.4, 0.5) is 0 Å². The van der Waals surface area contributed by atoms with Gasteiger partial charge in [0.2, 0.25) is 5.91 Å². The smallest absolute Gasteiger partial charge is 0.237 e. The quantitative estimate of drug-likeness (QED) is 0.683. The Kier molecular flexibility index (Phi) is 7.88. The highest BCUT2D eigenvalue weighted by atomic mass is 35.5. The number of hydrogen-bond donors (Lipinski definition) is 2. The number of thiophene rings is 1. The fourth-order valence-electron chi connectivity index (χ4n) is 3.33. The Bertz CT molecular complexity index is 733. The molecule has 0 aliphatic carbocycles. The molecule has 2 N–H and O–H groups in total. The van der Waals surface area contributed by atoms with E-state index in [0.717, 1.165) is 38.4 Å². The minimum atomic E-state index is -0.279. The van der Waals surface area contributed by atoms with Gasteiger partial charge in [-0.25, -0.2) is 0 Å². The van der Waals surface area contributed by atoms with Crippen LogP contribution in [0.15, 0.2) is 41.8 Å². The monoisotopic (exact) mass is 421 g/mol. The lowest BCUT2D eigenvalue weighted by Crippen LogP contribution is -2.48. The molecule has 3 unspecified atom stereocenters. The SMILES string of the molecule is CC(NCC(c1cccs1)N1CCOCC1)C(=O)NC(C)c1ccc(Cl)cc1. The van der Waals surface area contributed by atoms with Gasteiger partial charge < -0.3 is 15.4 Å². The zero-order chi connectivity index (χ0) is 19.9. The fourth-order valence-corrected chi connectivity index (χ4v) is 4.32. The zero-order valence-electron chi connectivity index (χ0n) is 16.4. The molecule has 0 saturated carbocycles. The summed E-state index contributed by atoms with van der Waals surface area (Å²) < 4.78 is 5.49. The first-order valence-electron chi connectivity index (χ1n) is 9.69. The molecule has 152 valence electrons. The molecule has 3 rings (SSSR count). The van der Waals surface area contributed by atoms with Crippen molar-refractivity contribution in [2.45, 2.75) is 32.0 Å². The summed E-state index contributed by atoms with van der Waals surface area (Å²) in [5.74, 6) is -0.00522. The third-order valence-corrected chi connectivity index (χ3v) is 6.32. The van der Waals surface area contributed by atoms with E-state index in [1.165, 1.54) is 4.88 Å². The van der Waals surface area contributed by atoms with E-state index in [4.69, 9.17) is 16.3 Å². The fraction of sp³-hybridized carbons (Fsp3) is 0.476. The van der Waals surface area contributed by atoms with Crippen molar-refractivity contribution in [2.24, 2.45) is 0 Å². The number of nitrogens with one attached hydrogen (secondary N) is 2. The maximum Gasteiger partial charge on any atom is 0.237 e. The van der Waals surface area contributed by atoms with Crippen molar-refractivity contribution in [3.63, 3.8) is 0 Å². The van der Waals surface area contributed by atoms with E-state index in [0.29, 0.717) is 5.02 Å². The molecule has 1 fully saturated rings. The normalized spacial score (nSPS) is 18.4. The van der Waals surface area contributed by atoms with Gasteiger partial charge in [0.25, 0.3) is 0 Å². The Labute approximate surface area is 176 Å². The standard InChI is InChI=1S/C21H28ClN3O2S/c1-15(17-5-7-18(22)8-6-17)24-21(26)16(2)23-14-19(20-4-3-13-28-20)25-9-11-27-12-10-25/h3-8,13,15-16,19,23H,9-12,14H2,1-2H3,(H,24,26). The van der Waals surface area contributed by atoms with E-state index >= 15 is 0 Å². The molecule has 1 amide bonds. The second-order valence-electron chi connectivity index (χ2n) is 7.09. The molecule has 28 heavy (non-hydrogen) atoms. The van der Waals surface area contributed by atoms with Crippen LogP contribution in [0.2, 0.25) is 5.02 Å². The molecule has 5 nitrogen and oxygen atoms in total. The first-order chi connectivity index (χ1) is 13.5. The van der Waals surface area contributed by atoms with Crippen molar-refractivity contribution < 1.29 is 9.53 Å². The topological polar surface area (TPSA) is 53.6 Å². The molecule has 1 aromatic heterocycles. The van der Waals surface area contributed by atoms with Crippen LogP contribution in [0.5, 0.6) is 0 Å². The Morgan fingerprint density at radius 1 is 1.21 bits per heavy atom. The largest absolute Gasteiger partial charge is 0.379 e. The average Bonchev–Trinajstić information content (AvgIpc) is 3.23. The van der Waals surface area contributed by atoms with Crippen molar-refractivity contribution in [2.75, 3.05) is 32.8 Å². The number of benzene rings is 1. The first-order valence-corrected chi connectivity index (χ1v) is 10.9. The van der Waals surface area contributed by atoms with Crippen LogP contribution in [0.25, 0.3) is 0 Å². The maximum atomic E-state index is 12.6. The Morgan fingerprint density at radius 3 is 2.57 bits per heavy atom. The number of amides is 1. The lowest BCUT2D eigenvalue weighted by Gasteiger charge is -2.34. The molecule has 1 aromatic carbocycles. The molecule has 1 aliphatic rings. The Balaban J connectivity index is 1.55. The summed E-state index contributed by atoms with van der Waals surface area (Å²) in [6.07, 6.45) is 0. The number of carbonyl (C=O) groups excluding carboxylic acids is 1. The predicted molar refractivity (Wildman–Crippen MR) is 115 cm³/mol. The van der Waals surface area contributed by atoms with Gasteiger partial charge in [-0.2, -0.15) is 0 Å². The van der Waals surface area contributed by atoms with Crippen LogP contribution in [0.3, 0.4) is 0 Å². The van der Waals surface area contributed by atoms with Gasteiger partial charge in [-0.1, -0.05) is 29.8 Å². The summed E-state index contributed by atoms with van der Waals surface area (Å²) in [6.45, 7) is 7.97. The molecule has 7 heteroatoms. The van der Waals surface area contributed by atoms with Crippen molar-refractivity contribution in [3.05, 3.63) is 57.2 Å². The van der Waals surface area contributed by atoms with E-state index in [1.54, 1.807) is 11.3 Å². The Hall–Kier alpha value is -1.44. The number of ether oxygens (including phenoxy) is 1. The van der Waals surface area contributed by atoms with Gasteiger partial charge in [-0.05, 0) is 43.0 Å². The van der Waals surface area contributed by atoms with E-state index in [9.17, 15) is 4.79 Å². The highest BCUT2D eigenvalue weighted by molar-refractivity contribution is 7.10. The lowest BCUT2D eigenvalue weighted by molar-refractivity contribution is -0.123. The second kappa shape index (κ2) is 10.4. The molecule has 0 bridgehead atoms. The molecule has 2 aromatic rings. The molecular formula is C21H28ClN3O2S. The van der Waals surface area contributed by atoms with Crippen LogP contribution in [0, 0.1) is 0 Å². The van der Waals surface area contributed by atoms with Gasteiger partial charge in [0.05, 0.1) is 31.3 Å². The van der Waals surface area contributed by atoms with Gasteiger partial charge in [0.15, 0.2) is 0 Å². The van der Waals surface area contributed by atoms with Crippen molar-refractivity contribution in [3.8, 4) is 0 Å². The van der Waals surface area contributed by atoms with Crippen LogP contribution < -0.4 is 10.6 Å². The van der Waals surface area contributed by atoms with Crippen molar-refractivity contribution in [1.29, 1.82) is 0 Å². The summed E-state index contributed by atoms with van der Waals surface area (Å²) >= 11 is 7.70. The Morgan fingerprint density at radius 2 is 1.93 bits per heavy atom. The third-order valence-electron chi connectivity index (χ3n) is 5.10. The lowest BCUT2D eigenvalue weighted by atomic mass is 10.1. The molecule has 1 saturated heterocycles. The van der Waals surface area contributed by atoms with Crippen LogP contribution >= 0.6 is 22.9 Å². The highest BCUT2D eigenvalue weighted by Crippen LogP contribution is 2.25. The molecule has 0 spiro atoms. The minimum absolute atomic E-state index is 0.00522. The molecule has 1 aliphatic heterocycles. The molecule has 0 radical (unpaired) electrons. The van der Waals surface area contributed by atoms with Gasteiger partial charge in [0, 0.05) is 29.5 Å². The average molecular weight is 422 g/mol. The number of halogens is 1. The summed E-state index contributed by atoms with van der Waals surface area (Å²) in [4.78, 5) is 16.4. The van der Waals surface area contributed by atoms with Crippen LogP contribution in [0.1, 0.15) is 36.4 Å². The minimum Gasteiger partial charge on any atom is -0.379 e. The summed E-state index contributed by atoms with van der Waals surface area (Å²) in [5, 5.41) is 9.30. The maximum absolute atomic E-state index is 12.6. The molecule has 3 atom stereocenters. The first kappa shape index (κ1) is 21.3. The second-order valence-corrected chi connectivity index (χ2v) is 8.51. The van der Waals surface area contributed by atoms with E-state index in [-0.39, 0.29) is 24.0 Å². The van der Waals surface area contributed by atoms with Gasteiger partial charge >= 0.3 is 0 Å². The number of carbonyl (C=O) groups is 1. The van der Waals surface area contributed by atoms with Gasteiger partial charge in [-0.15, -0.1) is 11.3 Å².